The van der Waals surface area contributed by atoms with Crippen LogP contribution in [0.3, 0.4) is 0 Å². The molecule has 36 heavy (non-hydrogen) atoms. The zero-order valence-corrected chi connectivity index (χ0v) is 21.0. The van der Waals surface area contributed by atoms with E-state index in [-0.39, 0.29) is 10.5 Å². The van der Waals surface area contributed by atoms with Gasteiger partial charge in [0.1, 0.15) is 0 Å². The van der Waals surface area contributed by atoms with Gasteiger partial charge in [0.15, 0.2) is 0 Å². The molecule has 4 rings (SSSR count). The summed E-state index contributed by atoms with van der Waals surface area (Å²) in [6.07, 6.45) is -1.91. The average molecular weight is 525 g/mol. The van der Waals surface area contributed by atoms with E-state index < -0.39 is 27.7 Å². The van der Waals surface area contributed by atoms with Gasteiger partial charge >= 0.3 is 6.18 Å². The van der Waals surface area contributed by atoms with Crippen molar-refractivity contribution in [2.75, 3.05) is 56.0 Å². The zero-order chi connectivity index (χ0) is 25.9. The quantitative estimate of drug-likeness (QED) is 0.611. The molecule has 0 bridgehead atoms. The summed E-state index contributed by atoms with van der Waals surface area (Å²) in [6.45, 7) is 6.99. The highest BCUT2D eigenvalue weighted by atomic mass is 32.2. The zero-order valence-electron chi connectivity index (χ0n) is 20.2. The summed E-state index contributed by atoms with van der Waals surface area (Å²) in [5.74, 6) is -0.607. The van der Waals surface area contributed by atoms with Gasteiger partial charge in [-0.3, -0.25) is 4.79 Å². The number of piperidine rings is 1. The minimum atomic E-state index is -4.50. The molecule has 0 saturated carbocycles. The number of halogens is 3. The summed E-state index contributed by atoms with van der Waals surface area (Å²) in [7, 11) is -3.74. The van der Waals surface area contributed by atoms with Gasteiger partial charge < -0.3 is 15.1 Å². The van der Waals surface area contributed by atoms with Crippen molar-refractivity contribution in [2.24, 2.45) is 0 Å². The monoisotopic (exact) mass is 524 g/mol. The number of carbonyl (C=O) groups excluding carboxylic acids is 1. The second-order valence-corrected chi connectivity index (χ2v) is 11.0. The van der Waals surface area contributed by atoms with Crippen LogP contribution in [0.5, 0.6) is 0 Å². The molecule has 2 aliphatic heterocycles. The predicted molar refractivity (Wildman–Crippen MR) is 133 cm³/mol. The number of likely N-dealkylation sites (N-methyl/N-ethyl adjacent to an activating group) is 1. The van der Waals surface area contributed by atoms with Crippen LogP contribution in [0.2, 0.25) is 0 Å². The normalized spacial score (nSPS) is 18.3. The lowest BCUT2D eigenvalue weighted by Crippen LogP contribution is -2.46. The summed E-state index contributed by atoms with van der Waals surface area (Å²) in [5.41, 5.74) is 0.212. The summed E-state index contributed by atoms with van der Waals surface area (Å²) in [6, 6.07) is 8.69. The van der Waals surface area contributed by atoms with Crippen LogP contribution in [0, 0.1) is 0 Å². The van der Waals surface area contributed by atoms with Crippen LogP contribution in [0.4, 0.5) is 24.5 Å². The Kier molecular flexibility index (Phi) is 7.91. The molecule has 0 radical (unpaired) electrons. The molecule has 0 aliphatic carbocycles. The maximum absolute atomic E-state index is 13.3. The number of amides is 1. The van der Waals surface area contributed by atoms with Gasteiger partial charge in [0.05, 0.1) is 21.8 Å². The van der Waals surface area contributed by atoms with E-state index in [1.807, 2.05) is 0 Å². The van der Waals surface area contributed by atoms with Crippen molar-refractivity contribution in [3.05, 3.63) is 53.6 Å². The Morgan fingerprint density at radius 3 is 2.14 bits per heavy atom. The second-order valence-electron chi connectivity index (χ2n) is 9.09. The van der Waals surface area contributed by atoms with Crippen LogP contribution < -0.4 is 10.2 Å². The maximum atomic E-state index is 13.3. The van der Waals surface area contributed by atoms with Crippen LogP contribution in [0.1, 0.15) is 42.1 Å². The number of sulfonamides is 1. The Bertz CT molecular complexity index is 1170. The van der Waals surface area contributed by atoms with Crippen LogP contribution in [-0.2, 0) is 16.2 Å². The van der Waals surface area contributed by atoms with Crippen LogP contribution >= 0.6 is 0 Å². The third kappa shape index (κ3) is 5.84. The molecule has 1 N–H and O–H groups in total. The molecule has 2 aromatic carbocycles. The van der Waals surface area contributed by atoms with Gasteiger partial charge in [0.25, 0.3) is 5.91 Å². The van der Waals surface area contributed by atoms with E-state index in [0.29, 0.717) is 37.6 Å². The van der Waals surface area contributed by atoms with Gasteiger partial charge in [0.2, 0.25) is 10.0 Å². The Balaban J connectivity index is 1.64. The summed E-state index contributed by atoms with van der Waals surface area (Å²) >= 11 is 0. The number of anilines is 2. The number of nitrogens with one attached hydrogen (secondary N) is 1. The lowest BCUT2D eigenvalue weighted by Gasteiger charge is -2.36. The number of hydrogen-bond acceptors (Lipinski definition) is 5. The molecule has 196 valence electrons. The van der Waals surface area contributed by atoms with E-state index in [9.17, 15) is 26.4 Å². The number of alkyl halides is 3. The summed E-state index contributed by atoms with van der Waals surface area (Å²) in [5, 5.41) is 2.76. The molecule has 0 unspecified atom stereocenters. The molecule has 0 spiro atoms. The van der Waals surface area contributed by atoms with E-state index in [1.54, 1.807) is 12.1 Å². The first-order valence-electron chi connectivity index (χ1n) is 12.2. The lowest BCUT2D eigenvalue weighted by molar-refractivity contribution is -0.137. The van der Waals surface area contributed by atoms with Gasteiger partial charge in [-0.25, -0.2) is 8.42 Å². The first-order valence-corrected chi connectivity index (χ1v) is 13.6. The van der Waals surface area contributed by atoms with E-state index in [4.69, 9.17) is 0 Å². The lowest BCUT2D eigenvalue weighted by atomic mass is 10.1. The molecule has 0 aromatic heterocycles. The number of nitrogens with zero attached hydrogens (tertiary/aromatic N) is 3. The number of rotatable bonds is 6. The fraction of sp³-hybridized carbons (Fsp3) is 0.480. The third-order valence-corrected chi connectivity index (χ3v) is 8.70. The van der Waals surface area contributed by atoms with Crippen molar-refractivity contribution in [1.82, 2.24) is 9.21 Å². The molecule has 7 nitrogen and oxygen atoms in total. The van der Waals surface area contributed by atoms with Gasteiger partial charge in [-0.15, -0.1) is 0 Å². The van der Waals surface area contributed by atoms with E-state index in [0.717, 1.165) is 63.2 Å². The average Bonchev–Trinajstić information content (AvgIpc) is 2.89. The highest BCUT2D eigenvalue weighted by Gasteiger charge is 2.31. The number of carbonyl (C=O) groups is 1. The smallest absolute Gasteiger partial charge is 0.367 e. The minimum Gasteiger partial charge on any atom is -0.367 e. The fourth-order valence-electron chi connectivity index (χ4n) is 4.62. The predicted octanol–water partition coefficient (Wildman–Crippen LogP) is 4.27. The Morgan fingerprint density at radius 1 is 0.917 bits per heavy atom. The van der Waals surface area contributed by atoms with Crippen LogP contribution in [-0.4, -0.2) is 69.3 Å². The number of hydrogen-bond donors (Lipinski definition) is 1. The molecular weight excluding hydrogens is 493 g/mol. The molecule has 1 amide bonds. The molecule has 2 heterocycles. The highest BCUT2D eigenvalue weighted by molar-refractivity contribution is 7.89. The van der Waals surface area contributed by atoms with Crippen molar-refractivity contribution in [2.45, 2.75) is 37.3 Å². The topological polar surface area (TPSA) is 73.0 Å². The molecular formula is C25H31F3N4O3S. The SMILES string of the molecule is CCN1CCN(c2ccc(S(=O)(=O)N3CCCCC3)cc2NC(=O)c2ccc(C(F)(F)F)cc2)CC1. The second kappa shape index (κ2) is 10.8. The van der Waals surface area contributed by atoms with Crippen molar-refractivity contribution in [3.63, 3.8) is 0 Å². The Morgan fingerprint density at radius 2 is 1.56 bits per heavy atom. The van der Waals surface area contributed by atoms with Crippen molar-refractivity contribution < 1.29 is 26.4 Å². The van der Waals surface area contributed by atoms with E-state index in [1.165, 1.54) is 10.4 Å². The summed E-state index contributed by atoms with van der Waals surface area (Å²) in [4.78, 5) is 17.5. The molecule has 2 fully saturated rings. The standard InChI is InChI=1S/C25H31F3N4O3S/c1-2-30-14-16-31(17-15-30)23-11-10-21(36(34,35)32-12-4-3-5-13-32)18-22(23)29-24(33)19-6-8-20(9-7-19)25(26,27)28/h6-11,18H,2-5,12-17H2,1H3,(H,29,33). The molecule has 2 saturated heterocycles. The van der Waals surface area contributed by atoms with Crippen molar-refractivity contribution in [3.8, 4) is 0 Å². The third-order valence-electron chi connectivity index (χ3n) is 6.80. The Labute approximate surface area is 209 Å². The molecule has 11 heteroatoms. The summed E-state index contributed by atoms with van der Waals surface area (Å²) < 4.78 is 66.8. The number of benzene rings is 2. The van der Waals surface area contributed by atoms with Crippen LogP contribution in [0.25, 0.3) is 0 Å². The first kappa shape index (κ1) is 26.4. The first-order chi connectivity index (χ1) is 17.1. The molecule has 2 aromatic rings. The van der Waals surface area contributed by atoms with Gasteiger partial charge in [-0.05, 0) is 61.9 Å². The minimum absolute atomic E-state index is 0.0500. The van der Waals surface area contributed by atoms with E-state index in [2.05, 4.69) is 22.0 Å². The molecule has 2 aliphatic rings. The fourth-order valence-corrected chi connectivity index (χ4v) is 6.16. The highest BCUT2D eigenvalue weighted by Crippen LogP contribution is 2.33. The van der Waals surface area contributed by atoms with E-state index >= 15 is 0 Å². The largest absolute Gasteiger partial charge is 0.416 e. The van der Waals surface area contributed by atoms with Crippen molar-refractivity contribution in [1.29, 1.82) is 0 Å². The molecule has 0 atom stereocenters. The van der Waals surface area contributed by atoms with Gasteiger partial charge in [-0.1, -0.05) is 13.3 Å². The Hall–Kier alpha value is -2.63. The van der Waals surface area contributed by atoms with Gasteiger partial charge in [0, 0.05) is 44.8 Å². The van der Waals surface area contributed by atoms with Crippen LogP contribution in [0.15, 0.2) is 47.4 Å². The number of piperazine rings is 1. The van der Waals surface area contributed by atoms with Crippen molar-refractivity contribution >= 4 is 27.3 Å². The maximum Gasteiger partial charge on any atom is 0.416 e. The van der Waals surface area contributed by atoms with Gasteiger partial charge in [-0.2, -0.15) is 17.5 Å².